The molecule has 0 saturated carbocycles. The number of nitrogens with two attached hydrogens (primary N) is 1. The van der Waals surface area contributed by atoms with Gasteiger partial charge in [0.2, 0.25) is 11.8 Å². The van der Waals surface area contributed by atoms with Crippen LogP contribution in [-0.4, -0.2) is 29.1 Å². The third-order valence-electron chi connectivity index (χ3n) is 2.72. The van der Waals surface area contributed by atoms with E-state index in [0.29, 0.717) is 31.2 Å². The summed E-state index contributed by atoms with van der Waals surface area (Å²) in [7, 11) is 0. The van der Waals surface area contributed by atoms with Crippen LogP contribution >= 0.6 is 0 Å². The summed E-state index contributed by atoms with van der Waals surface area (Å²) >= 11 is 0. The topological polar surface area (TPSA) is 94.0 Å². The number of carbonyl (C=O) groups is 1. The van der Waals surface area contributed by atoms with Crippen LogP contribution in [0.2, 0.25) is 0 Å². The zero-order valence-corrected chi connectivity index (χ0v) is 12.2. The first kappa shape index (κ1) is 15.6. The lowest BCUT2D eigenvalue weighted by Gasteiger charge is -2.24. The van der Waals surface area contributed by atoms with E-state index in [4.69, 9.17) is 10.3 Å². The fraction of sp³-hybridized carbons (Fsp3) is 0.769. The van der Waals surface area contributed by atoms with Crippen LogP contribution in [0.3, 0.4) is 0 Å². The van der Waals surface area contributed by atoms with Gasteiger partial charge in [-0.25, -0.2) is 0 Å². The largest absolute Gasteiger partial charge is 0.355 e. The van der Waals surface area contributed by atoms with Gasteiger partial charge in [-0.1, -0.05) is 25.9 Å². The number of hydrogen-bond acceptors (Lipinski definition) is 5. The van der Waals surface area contributed by atoms with Crippen molar-refractivity contribution in [2.45, 2.75) is 40.5 Å². The average molecular weight is 268 g/mol. The lowest BCUT2D eigenvalue weighted by molar-refractivity contribution is -0.125. The summed E-state index contributed by atoms with van der Waals surface area (Å²) in [6.07, 6.45) is 1.31. The predicted molar refractivity (Wildman–Crippen MR) is 72.4 cm³/mol. The van der Waals surface area contributed by atoms with E-state index >= 15 is 0 Å². The van der Waals surface area contributed by atoms with Gasteiger partial charge in [0.1, 0.15) is 0 Å². The van der Waals surface area contributed by atoms with Crippen molar-refractivity contribution in [2.75, 3.05) is 13.1 Å². The van der Waals surface area contributed by atoms with Crippen LogP contribution in [-0.2, 0) is 11.2 Å². The molecule has 1 aromatic rings. The Hall–Kier alpha value is -1.43. The van der Waals surface area contributed by atoms with Crippen LogP contribution in [0.25, 0.3) is 0 Å². The van der Waals surface area contributed by atoms with Gasteiger partial charge in [-0.05, 0) is 18.8 Å². The van der Waals surface area contributed by atoms with Crippen molar-refractivity contribution in [1.29, 1.82) is 0 Å². The van der Waals surface area contributed by atoms with Gasteiger partial charge < -0.3 is 15.6 Å². The van der Waals surface area contributed by atoms with Gasteiger partial charge in [-0.3, -0.25) is 4.79 Å². The molecule has 0 saturated heterocycles. The molecule has 0 bridgehead atoms. The molecule has 3 N–H and O–H groups in total. The molecule has 0 fully saturated rings. The van der Waals surface area contributed by atoms with E-state index in [9.17, 15) is 4.79 Å². The van der Waals surface area contributed by atoms with E-state index < -0.39 is 0 Å². The molecular formula is C13H24N4O2. The van der Waals surface area contributed by atoms with E-state index in [-0.39, 0.29) is 17.2 Å². The monoisotopic (exact) mass is 268 g/mol. The number of hydrogen-bond donors (Lipinski definition) is 2. The Balaban J connectivity index is 2.36. The molecule has 1 unspecified atom stereocenters. The Labute approximate surface area is 114 Å². The Morgan fingerprint density at radius 2 is 2.16 bits per heavy atom. The highest BCUT2D eigenvalue weighted by molar-refractivity contribution is 5.78. The van der Waals surface area contributed by atoms with Crippen LogP contribution < -0.4 is 11.1 Å². The fourth-order valence-electron chi connectivity index (χ4n) is 1.90. The van der Waals surface area contributed by atoms with Crippen molar-refractivity contribution in [3.63, 3.8) is 0 Å². The number of aromatic nitrogens is 2. The quantitative estimate of drug-likeness (QED) is 0.804. The van der Waals surface area contributed by atoms with Gasteiger partial charge in [-0.15, -0.1) is 0 Å². The molecule has 0 radical (unpaired) electrons. The minimum atomic E-state index is -0.149. The van der Waals surface area contributed by atoms with Crippen LogP contribution in [0.5, 0.6) is 0 Å². The maximum absolute atomic E-state index is 12.0. The molecule has 1 aromatic heterocycles. The standard InChI is InChI=1S/C13H24N4O2/c1-9-16-11(19-17-9)5-6-15-12(18)10(8-14)7-13(2,3)4/h10H,5-8,14H2,1-4H3,(H,15,18). The lowest BCUT2D eigenvalue weighted by Crippen LogP contribution is -2.38. The van der Waals surface area contributed by atoms with E-state index in [1.807, 2.05) is 0 Å². The van der Waals surface area contributed by atoms with E-state index in [0.717, 1.165) is 6.42 Å². The molecule has 0 aromatic carbocycles. The molecule has 0 aliphatic rings. The van der Waals surface area contributed by atoms with E-state index in [1.54, 1.807) is 6.92 Å². The third kappa shape index (κ3) is 5.83. The van der Waals surface area contributed by atoms with Crippen molar-refractivity contribution in [1.82, 2.24) is 15.5 Å². The summed E-state index contributed by atoms with van der Waals surface area (Å²) in [6.45, 7) is 8.92. The summed E-state index contributed by atoms with van der Waals surface area (Å²) in [4.78, 5) is 16.1. The molecule has 1 heterocycles. The van der Waals surface area contributed by atoms with E-state index in [1.165, 1.54) is 0 Å². The number of nitrogens with one attached hydrogen (secondary N) is 1. The van der Waals surface area contributed by atoms with Crippen LogP contribution in [0.4, 0.5) is 0 Å². The highest BCUT2D eigenvalue weighted by atomic mass is 16.5. The normalized spacial score (nSPS) is 13.3. The summed E-state index contributed by atoms with van der Waals surface area (Å²) in [5.74, 6) is 0.991. The third-order valence-corrected chi connectivity index (χ3v) is 2.72. The smallest absolute Gasteiger partial charge is 0.228 e. The molecule has 1 atom stereocenters. The van der Waals surface area contributed by atoms with Gasteiger partial charge in [0.05, 0.1) is 5.92 Å². The second-order valence-corrected chi connectivity index (χ2v) is 5.97. The molecule has 19 heavy (non-hydrogen) atoms. The Bertz CT molecular complexity index is 409. The van der Waals surface area contributed by atoms with Gasteiger partial charge in [0.25, 0.3) is 0 Å². The first-order valence-corrected chi connectivity index (χ1v) is 6.59. The molecule has 6 heteroatoms. The Morgan fingerprint density at radius 3 is 2.63 bits per heavy atom. The van der Waals surface area contributed by atoms with Crippen molar-refractivity contribution >= 4 is 5.91 Å². The van der Waals surface area contributed by atoms with Gasteiger partial charge in [-0.2, -0.15) is 4.98 Å². The summed E-state index contributed by atoms with van der Waals surface area (Å²) in [5.41, 5.74) is 5.75. The zero-order chi connectivity index (χ0) is 14.5. The first-order chi connectivity index (χ1) is 8.81. The van der Waals surface area contributed by atoms with Crippen molar-refractivity contribution in [3.8, 4) is 0 Å². The van der Waals surface area contributed by atoms with Gasteiger partial charge in [0, 0.05) is 19.5 Å². The van der Waals surface area contributed by atoms with Gasteiger partial charge in [0.15, 0.2) is 5.82 Å². The number of carbonyl (C=O) groups excluding carboxylic acids is 1. The summed E-state index contributed by atoms with van der Waals surface area (Å²) in [5, 5.41) is 6.56. The maximum Gasteiger partial charge on any atom is 0.228 e. The molecule has 6 nitrogen and oxygen atoms in total. The second-order valence-electron chi connectivity index (χ2n) is 5.97. The van der Waals surface area contributed by atoms with Crippen molar-refractivity contribution < 1.29 is 9.32 Å². The maximum atomic E-state index is 12.0. The molecule has 108 valence electrons. The number of amides is 1. The number of rotatable bonds is 6. The molecule has 0 aliphatic heterocycles. The Morgan fingerprint density at radius 1 is 1.47 bits per heavy atom. The second kappa shape index (κ2) is 6.65. The first-order valence-electron chi connectivity index (χ1n) is 6.59. The SMILES string of the molecule is Cc1noc(CCNC(=O)C(CN)CC(C)(C)C)n1. The van der Waals surface area contributed by atoms with Crippen LogP contribution in [0.1, 0.15) is 38.9 Å². The highest BCUT2D eigenvalue weighted by Crippen LogP contribution is 2.23. The predicted octanol–water partition coefficient (Wildman–Crippen LogP) is 1.05. The molecule has 1 rings (SSSR count). The average Bonchev–Trinajstić information content (AvgIpc) is 2.70. The minimum Gasteiger partial charge on any atom is -0.355 e. The van der Waals surface area contributed by atoms with Crippen LogP contribution in [0.15, 0.2) is 4.52 Å². The summed E-state index contributed by atoms with van der Waals surface area (Å²) < 4.78 is 4.98. The van der Waals surface area contributed by atoms with Gasteiger partial charge >= 0.3 is 0 Å². The Kier molecular flexibility index (Phi) is 5.47. The highest BCUT2D eigenvalue weighted by Gasteiger charge is 2.23. The lowest BCUT2D eigenvalue weighted by atomic mass is 9.84. The molecule has 1 amide bonds. The fourth-order valence-corrected chi connectivity index (χ4v) is 1.90. The zero-order valence-electron chi connectivity index (χ0n) is 12.2. The van der Waals surface area contributed by atoms with E-state index in [2.05, 4.69) is 36.2 Å². The van der Waals surface area contributed by atoms with Crippen molar-refractivity contribution in [2.24, 2.45) is 17.1 Å². The van der Waals surface area contributed by atoms with Crippen molar-refractivity contribution in [3.05, 3.63) is 11.7 Å². The minimum absolute atomic E-state index is 0.00587. The molecular weight excluding hydrogens is 244 g/mol. The number of nitrogens with zero attached hydrogens (tertiary/aromatic N) is 2. The van der Waals surface area contributed by atoms with Crippen LogP contribution in [0, 0.1) is 18.3 Å². The molecule has 0 spiro atoms. The molecule has 0 aliphatic carbocycles. The number of aryl methyl sites for hydroxylation is 1. The summed E-state index contributed by atoms with van der Waals surface area (Å²) in [6, 6.07) is 0.